The maximum atomic E-state index is 12.5. The van der Waals surface area contributed by atoms with Crippen LogP contribution >= 0.6 is 0 Å². The number of hydrogen-bond acceptors (Lipinski definition) is 3. The molecule has 0 atom stereocenters. The van der Waals surface area contributed by atoms with E-state index in [1.807, 2.05) is 31.2 Å². The number of nitrogens with one attached hydrogen (secondary N) is 1. The lowest BCUT2D eigenvalue weighted by Gasteiger charge is -2.35. The molecule has 5 heteroatoms. The largest absolute Gasteiger partial charge is 0.481 e. The number of benzene rings is 1. The molecule has 5 nitrogen and oxygen atoms in total. The van der Waals surface area contributed by atoms with Crippen LogP contribution < -0.4 is 5.32 Å². The molecule has 0 unspecified atom stereocenters. The van der Waals surface area contributed by atoms with Gasteiger partial charge in [0.1, 0.15) is 0 Å². The maximum Gasteiger partial charge on any atom is 0.303 e. The first-order valence-electron chi connectivity index (χ1n) is 9.18. The Kier molecular flexibility index (Phi) is 7.44. The highest BCUT2D eigenvalue weighted by molar-refractivity contribution is 5.78. The Bertz CT molecular complexity index is 579. The van der Waals surface area contributed by atoms with Gasteiger partial charge in [0, 0.05) is 19.6 Å². The summed E-state index contributed by atoms with van der Waals surface area (Å²) in [7, 11) is 0. The van der Waals surface area contributed by atoms with Crippen LogP contribution in [0.15, 0.2) is 24.3 Å². The highest BCUT2D eigenvalue weighted by atomic mass is 16.5. The predicted octanol–water partition coefficient (Wildman–Crippen LogP) is 3.65. The van der Waals surface area contributed by atoms with Crippen molar-refractivity contribution in [3.05, 3.63) is 35.4 Å². The zero-order valence-electron chi connectivity index (χ0n) is 15.1. The minimum Gasteiger partial charge on any atom is -0.481 e. The van der Waals surface area contributed by atoms with Crippen molar-refractivity contribution in [2.45, 2.75) is 65.0 Å². The number of hydrogen-bond donors (Lipinski definition) is 2. The van der Waals surface area contributed by atoms with Crippen LogP contribution in [0.25, 0.3) is 0 Å². The zero-order valence-corrected chi connectivity index (χ0v) is 15.1. The molecule has 1 aliphatic carbocycles. The Morgan fingerprint density at radius 2 is 1.80 bits per heavy atom. The third-order valence-corrected chi connectivity index (χ3v) is 5.03. The van der Waals surface area contributed by atoms with Crippen molar-refractivity contribution in [1.29, 1.82) is 0 Å². The minimum atomic E-state index is -0.809. The molecule has 1 aliphatic rings. The summed E-state index contributed by atoms with van der Waals surface area (Å²) in [5, 5.41) is 12.2. The molecule has 1 aromatic rings. The van der Waals surface area contributed by atoms with Gasteiger partial charge >= 0.3 is 5.97 Å². The highest BCUT2D eigenvalue weighted by Gasteiger charge is 2.36. The molecule has 1 saturated carbocycles. The molecular formula is C20H29NO4. The number of carbonyl (C=O) groups is 2. The number of carbonyl (C=O) groups excluding carboxylic acids is 1. The fourth-order valence-electron chi connectivity index (χ4n) is 3.72. The van der Waals surface area contributed by atoms with Crippen LogP contribution in [0.3, 0.4) is 0 Å². The fourth-order valence-corrected chi connectivity index (χ4v) is 3.72. The van der Waals surface area contributed by atoms with Gasteiger partial charge in [-0.1, -0.05) is 43.5 Å². The van der Waals surface area contributed by atoms with Crippen LogP contribution in [0.4, 0.5) is 0 Å². The standard InChI is InChI=1S/C20H29NO4/c1-2-25-15-17-9-5-4-8-16(17)14-21-18(22)12-20(13-19(23)24)10-6-3-7-11-20/h4-5,8-9H,2-3,6-7,10-15H2,1H3,(H,21,22)(H,23,24). The van der Waals surface area contributed by atoms with Crippen LogP contribution in [0.2, 0.25) is 0 Å². The van der Waals surface area contributed by atoms with E-state index in [1.54, 1.807) is 0 Å². The van der Waals surface area contributed by atoms with E-state index in [-0.39, 0.29) is 17.7 Å². The van der Waals surface area contributed by atoms with Crippen molar-refractivity contribution in [1.82, 2.24) is 5.32 Å². The Balaban J connectivity index is 1.94. The third-order valence-electron chi connectivity index (χ3n) is 5.03. The summed E-state index contributed by atoms with van der Waals surface area (Å²) >= 11 is 0. The lowest BCUT2D eigenvalue weighted by atomic mass is 9.69. The van der Waals surface area contributed by atoms with E-state index in [0.29, 0.717) is 26.2 Å². The lowest BCUT2D eigenvalue weighted by Crippen LogP contribution is -2.35. The molecule has 0 heterocycles. The number of carboxylic acid groups (broad SMARTS) is 1. The molecule has 0 radical (unpaired) electrons. The molecule has 1 aromatic carbocycles. The summed E-state index contributed by atoms with van der Waals surface area (Å²) < 4.78 is 5.47. The second-order valence-electron chi connectivity index (χ2n) is 6.99. The van der Waals surface area contributed by atoms with E-state index >= 15 is 0 Å². The quantitative estimate of drug-likeness (QED) is 0.715. The topological polar surface area (TPSA) is 75.6 Å². The van der Waals surface area contributed by atoms with Crippen LogP contribution in [0.5, 0.6) is 0 Å². The van der Waals surface area contributed by atoms with Crippen molar-refractivity contribution in [2.75, 3.05) is 6.61 Å². The van der Waals surface area contributed by atoms with Gasteiger partial charge in [-0.05, 0) is 36.3 Å². The molecule has 0 aliphatic heterocycles. The van der Waals surface area contributed by atoms with Crippen LogP contribution in [-0.2, 0) is 27.5 Å². The van der Waals surface area contributed by atoms with Gasteiger partial charge in [-0.25, -0.2) is 0 Å². The number of carboxylic acids is 1. The Hall–Kier alpha value is -1.88. The second-order valence-corrected chi connectivity index (χ2v) is 6.99. The summed E-state index contributed by atoms with van der Waals surface area (Å²) in [5.41, 5.74) is 1.74. The Morgan fingerprint density at radius 3 is 2.44 bits per heavy atom. The van der Waals surface area contributed by atoms with Crippen molar-refractivity contribution in [2.24, 2.45) is 5.41 Å². The summed E-state index contributed by atoms with van der Waals surface area (Å²) in [6, 6.07) is 7.90. The first-order valence-corrected chi connectivity index (χ1v) is 9.18. The molecule has 2 N–H and O–H groups in total. The molecule has 138 valence electrons. The number of amides is 1. The SMILES string of the molecule is CCOCc1ccccc1CNC(=O)CC1(CC(=O)O)CCCCC1. The molecule has 1 fully saturated rings. The molecule has 2 rings (SSSR count). The second kappa shape index (κ2) is 9.56. The predicted molar refractivity (Wildman–Crippen MR) is 96.0 cm³/mol. The molecule has 0 bridgehead atoms. The average Bonchev–Trinajstić information content (AvgIpc) is 2.58. The van der Waals surface area contributed by atoms with Gasteiger partial charge in [-0.3, -0.25) is 9.59 Å². The normalized spacial score (nSPS) is 16.4. The molecular weight excluding hydrogens is 318 g/mol. The van der Waals surface area contributed by atoms with E-state index in [0.717, 1.165) is 43.2 Å². The van der Waals surface area contributed by atoms with E-state index in [1.165, 1.54) is 0 Å². The minimum absolute atomic E-state index is 0.0608. The molecule has 0 aromatic heterocycles. The Morgan fingerprint density at radius 1 is 1.12 bits per heavy atom. The van der Waals surface area contributed by atoms with Gasteiger partial charge in [0.25, 0.3) is 0 Å². The number of rotatable bonds is 9. The van der Waals surface area contributed by atoms with Crippen molar-refractivity contribution in [3.63, 3.8) is 0 Å². The first-order chi connectivity index (χ1) is 12.0. The van der Waals surface area contributed by atoms with Crippen LogP contribution in [-0.4, -0.2) is 23.6 Å². The van der Waals surface area contributed by atoms with Crippen molar-refractivity contribution >= 4 is 11.9 Å². The highest BCUT2D eigenvalue weighted by Crippen LogP contribution is 2.42. The lowest BCUT2D eigenvalue weighted by molar-refractivity contribution is -0.141. The fraction of sp³-hybridized carbons (Fsp3) is 0.600. The zero-order chi connectivity index (χ0) is 18.1. The van der Waals surface area contributed by atoms with Gasteiger partial charge in [-0.15, -0.1) is 0 Å². The van der Waals surface area contributed by atoms with Gasteiger partial charge in [0.05, 0.1) is 13.0 Å². The van der Waals surface area contributed by atoms with Gasteiger partial charge in [-0.2, -0.15) is 0 Å². The Labute approximate surface area is 149 Å². The summed E-state index contributed by atoms with van der Waals surface area (Å²) in [4.78, 5) is 23.7. The molecule has 0 saturated heterocycles. The number of aliphatic carboxylic acids is 1. The van der Waals surface area contributed by atoms with E-state index < -0.39 is 5.97 Å². The smallest absolute Gasteiger partial charge is 0.303 e. The van der Waals surface area contributed by atoms with E-state index in [4.69, 9.17) is 4.74 Å². The van der Waals surface area contributed by atoms with Crippen molar-refractivity contribution in [3.8, 4) is 0 Å². The third kappa shape index (κ3) is 6.16. The van der Waals surface area contributed by atoms with Gasteiger partial charge < -0.3 is 15.2 Å². The monoisotopic (exact) mass is 347 g/mol. The molecule has 1 amide bonds. The molecule has 0 spiro atoms. The average molecular weight is 347 g/mol. The van der Waals surface area contributed by atoms with Gasteiger partial charge in [0.15, 0.2) is 0 Å². The maximum absolute atomic E-state index is 12.5. The first kappa shape index (κ1) is 19.4. The van der Waals surface area contributed by atoms with E-state index in [9.17, 15) is 14.7 Å². The van der Waals surface area contributed by atoms with E-state index in [2.05, 4.69) is 5.32 Å². The van der Waals surface area contributed by atoms with Crippen LogP contribution in [0, 0.1) is 5.41 Å². The summed E-state index contributed by atoms with van der Waals surface area (Å²) in [6.45, 7) is 3.59. The summed E-state index contributed by atoms with van der Waals surface area (Å²) in [5.74, 6) is -0.869. The van der Waals surface area contributed by atoms with Crippen molar-refractivity contribution < 1.29 is 19.4 Å². The van der Waals surface area contributed by atoms with Crippen LogP contribution in [0.1, 0.15) is 63.0 Å². The van der Waals surface area contributed by atoms with Gasteiger partial charge in [0.2, 0.25) is 5.91 Å². The summed E-state index contributed by atoms with van der Waals surface area (Å²) in [6.07, 6.45) is 5.19. The molecule has 25 heavy (non-hydrogen) atoms. The number of ether oxygens (including phenoxy) is 1.